The Hall–Kier alpha value is -0.250. The van der Waals surface area contributed by atoms with Crippen molar-refractivity contribution in [1.82, 2.24) is 0 Å². The van der Waals surface area contributed by atoms with Crippen LogP contribution in [0.2, 0.25) is 0 Å². The number of hydrogen-bond donors (Lipinski definition) is 1. The van der Waals surface area contributed by atoms with Crippen LogP contribution in [-0.4, -0.2) is 12.2 Å². The molecule has 0 heterocycles. The third-order valence-corrected chi connectivity index (χ3v) is 2.41. The van der Waals surface area contributed by atoms with Crippen LogP contribution in [0.25, 0.3) is 0 Å². The highest BCUT2D eigenvalue weighted by atomic mass is 19.4. The molecular weight excluding hydrogens is 155 g/mol. The molecule has 0 spiro atoms. The lowest BCUT2D eigenvalue weighted by atomic mass is 9.94. The van der Waals surface area contributed by atoms with E-state index in [4.69, 9.17) is 5.73 Å². The minimum Gasteiger partial charge on any atom is -0.327 e. The van der Waals surface area contributed by atoms with Crippen LogP contribution >= 0.6 is 0 Å². The van der Waals surface area contributed by atoms with Gasteiger partial charge in [-0.15, -0.1) is 0 Å². The molecule has 0 saturated heterocycles. The Morgan fingerprint density at radius 1 is 1.45 bits per heavy atom. The minimum atomic E-state index is -4.05. The molecule has 11 heavy (non-hydrogen) atoms. The van der Waals surface area contributed by atoms with E-state index >= 15 is 0 Å². The molecule has 0 aliphatic heterocycles. The number of rotatable bonds is 2. The predicted molar refractivity (Wildman–Crippen MR) is 36.0 cm³/mol. The highest BCUT2D eigenvalue weighted by molar-refractivity contribution is 5.00. The van der Waals surface area contributed by atoms with Gasteiger partial charge in [0.25, 0.3) is 0 Å². The van der Waals surface area contributed by atoms with Crippen LogP contribution in [0.1, 0.15) is 26.2 Å². The van der Waals surface area contributed by atoms with Gasteiger partial charge in [-0.25, -0.2) is 0 Å². The van der Waals surface area contributed by atoms with E-state index < -0.39 is 18.0 Å². The number of nitrogens with two attached hydrogens (primary N) is 1. The maximum absolute atomic E-state index is 11.9. The highest BCUT2D eigenvalue weighted by Gasteiger charge is 2.52. The van der Waals surface area contributed by atoms with Gasteiger partial charge >= 0.3 is 6.18 Å². The summed E-state index contributed by atoms with van der Waals surface area (Å²) in [4.78, 5) is 0. The summed E-state index contributed by atoms with van der Waals surface area (Å²) in [5, 5.41) is 0. The van der Waals surface area contributed by atoms with Gasteiger partial charge in [0.2, 0.25) is 0 Å². The Morgan fingerprint density at radius 2 is 1.91 bits per heavy atom. The summed E-state index contributed by atoms with van der Waals surface area (Å²) >= 11 is 0. The van der Waals surface area contributed by atoms with Crippen LogP contribution in [0.4, 0.5) is 13.2 Å². The van der Waals surface area contributed by atoms with Crippen LogP contribution in [0.15, 0.2) is 0 Å². The van der Waals surface area contributed by atoms with E-state index in [0.717, 1.165) is 0 Å². The van der Waals surface area contributed by atoms with E-state index in [-0.39, 0.29) is 6.04 Å². The molecule has 0 bridgehead atoms. The second-order valence-corrected chi connectivity index (χ2v) is 3.44. The minimum absolute atomic E-state index is 0.330. The molecule has 1 aliphatic rings. The van der Waals surface area contributed by atoms with E-state index in [1.165, 1.54) is 0 Å². The number of alkyl halides is 3. The second-order valence-electron chi connectivity index (χ2n) is 3.44. The van der Waals surface area contributed by atoms with E-state index in [2.05, 4.69) is 0 Å². The van der Waals surface area contributed by atoms with Gasteiger partial charge < -0.3 is 5.73 Å². The molecule has 2 N–H and O–H groups in total. The van der Waals surface area contributed by atoms with E-state index in [0.29, 0.717) is 12.8 Å². The van der Waals surface area contributed by atoms with Crippen molar-refractivity contribution in [3.8, 4) is 0 Å². The lowest BCUT2D eigenvalue weighted by molar-refractivity contribution is -0.148. The summed E-state index contributed by atoms with van der Waals surface area (Å²) < 4.78 is 35.7. The van der Waals surface area contributed by atoms with Gasteiger partial charge in [-0.2, -0.15) is 13.2 Å². The van der Waals surface area contributed by atoms with Crippen molar-refractivity contribution >= 4 is 0 Å². The summed E-state index contributed by atoms with van der Waals surface area (Å²) in [6, 6.07) is -0.330. The van der Waals surface area contributed by atoms with Gasteiger partial charge in [0.15, 0.2) is 0 Å². The lowest BCUT2D eigenvalue weighted by Gasteiger charge is -2.20. The van der Waals surface area contributed by atoms with Gasteiger partial charge in [0.1, 0.15) is 0 Å². The quantitative estimate of drug-likeness (QED) is 0.669. The Labute approximate surface area is 63.8 Å². The molecule has 1 saturated carbocycles. The molecule has 0 radical (unpaired) electrons. The molecule has 1 atom stereocenters. The van der Waals surface area contributed by atoms with E-state index in [1.54, 1.807) is 6.92 Å². The molecule has 0 aromatic heterocycles. The SMILES string of the molecule is CC(N)C1(CC(F)(F)F)CC1. The van der Waals surface area contributed by atoms with Gasteiger partial charge in [0.05, 0.1) is 6.42 Å². The molecule has 4 heteroatoms. The molecule has 0 aromatic carbocycles. The summed E-state index contributed by atoms with van der Waals surface area (Å²) in [7, 11) is 0. The van der Waals surface area contributed by atoms with Crippen LogP contribution in [0, 0.1) is 5.41 Å². The molecule has 1 fully saturated rings. The first-order chi connectivity index (χ1) is 4.86. The maximum Gasteiger partial charge on any atom is 0.389 e. The summed E-state index contributed by atoms with van der Waals surface area (Å²) in [5.74, 6) is 0. The van der Waals surface area contributed by atoms with Crippen LogP contribution in [0.3, 0.4) is 0 Å². The lowest BCUT2D eigenvalue weighted by Crippen LogP contribution is -2.32. The summed E-state index contributed by atoms with van der Waals surface area (Å²) in [5.41, 5.74) is 4.83. The Kier molecular flexibility index (Phi) is 1.90. The fourth-order valence-electron chi connectivity index (χ4n) is 1.35. The van der Waals surface area contributed by atoms with Crippen molar-refractivity contribution in [3.05, 3.63) is 0 Å². The monoisotopic (exact) mass is 167 g/mol. The highest BCUT2D eigenvalue weighted by Crippen LogP contribution is 2.54. The van der Waals surface area contributed by atoms with Gasteiger partial charge in [-0.1, -0.05) is 0 Å². The van der Waals surface area contributed by atoms with Crippen molar-refractivity contribution in [2.45, 2.75) is 38.4 Å². The zero-order valence-corrected chi connectivity index (χ0v) is 6.41. The molecule has 0 amide bonds. The molecule has 1 aliphatic carbocycles. The largest absolute Gasteiger partial charge is 0.389 e. The molecule has 1 nitrogen and oxygen atoms in total. The molecule has 1 unspecified atom stereocenters. The average molecular weight is 167 g/mol. The van der Waals surface area contributed by atoms with Crippen LogP contribution in [-0.2, 0) is 0 Å². The van der Waals surface area contributed by atoms with Crippen LogP contribution in [0.5, 0.6) is 0 Å². The normalized spacial score (nSPS) is 24.8. The zero-order chi connectivity index (χ0) is 8.70. The van der Waals surface area contributed by atoms with Gasteiger partial charge in [0, 0.05) is 6.04 Å². The summed E-state index contributed by atoms with van der Waals surface area (Å²) in [6.45, 7) is 1.65. The predicted octanol–water partition coefficient (Wildman–Crippen LogP) is 2.07. The Bertz CT molecular complexity index is 146. The fourth-order valence-corrected chi connectivity index (χ4v) is 1.35. The maximum atomic E-state index is 11.9. The number of hydrogen-bond acceptors (Lipinski definition) is 1. The smallest absolute Gasteiger partial charge is 0.327 e. The molecule has 1 rings (SSSR count). The fraction of sp³-hybridized carbons (Fsp3) is 1.00. The van der Waals surface area contributed by atoms with Crippen molar-refractivity contribution in [2.75, 3.05) is 0 Å². The van der Waals surface area contributed by atoms with Crippen LogP contribution < -0.4 is 5.73 Å². The second kappa shape index (κ2) is 2.37. The first kappa shape index (κ1) is 8.84. The molecule has 0 aromatic rings. The van der Waals surface area contributed by atoms with Gasteiger partial charge in [-0.3, -0.25) is 0 Å². The third-order valence-electron chi connectivity index (χ3n) is 2.41. The first-order valence-electron chi connectivity index (χ1n) is 3.68. The van der Waals surface area contributed by atoms with Crippen molar-refractivity contribution in [2.24, 2.45) is 11.1 Å². The van der Waals surface area contributed by atoms with Crippen molar-refractivity contribution in [1.29, 1.82) is 0 Å². The Balaban J connectivity index is 2.48. The van der Waals surface area contributed by atoms with E-state index in [9.17, 15) is 13.2 Å². The molecule has 66 valence electrons. The van der Waals surface area contributed by atoms with Gasteiger partial charge in [-0.05, 0) is 25.2 Å². The molecular formula is C7H12F3N. The standard InChI is InChI=1S/C7H12F3N/c1-5(11)6(2-3-6)4-7(8,9)10/h5H,2-4,11H2,1H3. The third kappa shape index (κ3) is 2.09. The average Bonchev–Trinajstić information content (AvgIpc) is 2.43. The van der Waals surface area contributed by atoms with Crippen molar-refractivity contribution in [3.63, 3.8) is 0 Å². The first-order valence-corrected chi connectivity index (χ1v) is 3.68. The Morgan fingerprint density at radius 3 is 2.00 bits per heavy atom. The zero-order valence-electron chi connectivity index (χ0n) is 6.41. The van der Waals surface area contributed by atoms with E-state index in [1.807, 2.05) is 0 Å². The summed E-state index contributed by atoms with van der Waals surface area (Å²) in [6.07, 6.45) is -3.50. The topological polar surface area (TPSA) is 26.0 Å². The van der Waals surface area contributed by atoms with Crippen molar-refractivity contribution < 1.29 is 13.2 Å². The number of halogens is 3.